The van der Waals surface area contributed by atoms with Crippen LogP contribution in [0.4, 0.5) is 11.4 Å². The zero-order valence-corrected chi connectivity index (χ0v) is 28.5. The lowest BCUT2D eigenvalue weighted by molar-refractivity contribution is 0.832. The van der Waals surface area contributed by atoms with Crippen LogP contribution in [0.2, 0.25) is 0 Å². The van der Waals surface area contributed by atoms with Crippen molar-refractivity contribution in [2.75, 3.05) is 22.9 Å². The Hall–Kier alpha value is -4.04. The first kappa shape index (κ1) is 36.2. The molecule has 0 aliphatic heterocycles. The highest BCUT2D eigenvalue weighted by Gasteiger charge is 2.17. The van der Waals surface area contributed by atoms with E-state index in [-0.39, 0.29) is 0 Å². The molecule has 2 heteroatoms. The van der Waals surface area contributed by atoms with Crippen molar-refractivity contribution in [1.29, 1.82) is 0 Å². The molecule has 0 atom stereocenters. The van der Waals surface area contributed by atoms with Crippen molar-refractivity contribution < 1.29 is 0 Å². The Labute approximate surface area is 269 Å². The maximum Gasteiger partial charge on any atom is 0.0458 e. The van der Waals surface area contributed by atoms with Crippen LogP contribution in [0.3, 0.4) is 0 Å². The van der Waals surface area contributed by atoms with Crippen LogP contribution in [0, 0.1) is 0 Å². The van der Waals surface area contributed by atoms with Gasteiger partial charge >= 0.3 is 0 Å². The van der Waals surface area contributed by atoms with Gasteiger partial charge in [-0.05, 0) is 102 Å². The van der Waals surface area contributed by atoms with Gasteiger partial charge in [0.1, 0.15) is 0 Å². The molecule has 2 aromatic carbocycles. The van der Waals surface area contributed by atoms with Gasteiger partial charge < -0.3 is 9.80 Å². The summed E-state index contributed by atoms with van der Waals surface area (Å²) in [6.07, 6.45) is 31.5. The fourth-order valence-corrected chi connectivity index (χ4v) is 5.10. The van der Waals surface area contributed by atoms with E-state index in [0.717, 1.165) is 45.2 Å². The van der Waals surface area contributed by atoms with Gasteiger partial charge in [0.05, 0.1) is 0 Å². The third-order valence-corrected chi connectivity index (χ3v) is 7.64. The second kappa shape index (κ2) is 21.6. The summed E-state index contributed by atoms with van der Waals surface area (Å²) in [6.45, 7) is 17.0. The molecule has 2 nitrogen and oxygen atoms in total. The van der Waals surface area contributed by atoms with Gasteiger partial charge in [0, 0.05) is 35.9 Å². The lowest BCUT2D eigenvalue weighted by Gasteiger charge is -2.31. The number of nitrogens with zero attached hydrogens (tertiary/aromatic N) is 2. The molecule has 0 saturated heterocycles. The van der Waals surface area contributed by atoms with E-state index in [2.05, 4.69) is 186 Å². The van der Waals surface area contributed by atoms with Gasteiger partial charge in [-0.25, -0.2) is 0 Å². The summed E-state index contributed by atoms with van der Waals surface area (Å²) in [5.74, 6) is 0. The maximum absolute atomic E-state index is 2.45. The third kappa shape index (κ3) is 11.9. The maximum atomic E-state index is 2.45. The smallest absolute Gasteiger partial charge is 0.0458 e. The van der Waals surface area contributed by atoms with Crippen molar-refractivity contribution in [3.8, 4) is 0 Å². The van der Waals surface area contributed by atoms with E-state index in [1.807, 2.05) is 0 Å². The van der Waals surface area contributed by atoms with Crippen molar-refractivity contribution in [2.45, 2.75) is 80.6 Å². The monoisotopic (exact) mass is 588 g/mol. The lowest BCUT2D eigenvalue weighted by atomic mass is 10.0. The molecule has 0 fully saturated rings. The fraction of sp³-hybridized carbons (Fsp3) is 0.333. The van der Waals surface area contributed by atoms with Crippen LogP contribution in [0.5, 0.6) is 0 Å². The van der Waals surface area contributed by atoms with Crippen molar-refractivity contribution in [2.24, 2.45) is 0 Å². The van der Waals surface area contributed by atoms with Crippen molar-refractivity contribution in [3.05, 3.63) is 150 Å². The van der Waals surface area contributed by atoms with Gasteiger partial charge in [0.15, 0.2) is 0 Å². The minimum Gasteiger partial charge on any atom is -0.367 e. The molecule has 44 heavy (non-hydrogen) atoms. The summed E-state index contributed by atoms with van der Waals surface area (Å²) >= 11 is 0. The van der Waals surface area contributed by atoms with Gasteiger partial charge in [-0.1, -0.05) is 123 Å². The topological polar surface area (TPSA) is 6.48 Å². The molecule has 234 valence electrons. The average molecular weight is 589 g/mol. The molecule has 0 amide bonds. The average Bonchev–Trinajstić information content (AvgIpc) is 3.06. The molecule has 0 unspecified atom stereocenters. The summed E-state index contributed by atoms with van der Waals surface area (Å²) in [5.41, 5.74) is 8.97. The molecule has 0 saturated carbocycles. The quantitative estimate of drug-likeness (QED) is 0.126. The zero-order valence-electron chi connectivity index (χ0n) is 28.5. The highest BCUT2D eigenvalue weighted by Crippen LogP contribution is 2.32. The first-order chi connectivity index (χ1) is 21.5. The number of rotatable bonds is 18. The molecule has 0 bridgehead atoms. The Bertz CT molecular complexity index is 1330. The van der Waals surface area contributed by atoms with Crippen LogP contribution in [0.1, 0.15) is 86.1 Å². The fourth-order valence-electron chi connectivity index (χ4n) is 5.10. The van der Waals surface area contributed by atoms with E-state index in [0.29, 0.717) is 0 Å². The molecular weight excluding hydrogens is 532 g/mol. The normalized spacial score (nSPS) is 13.7. The molecule has 0 heterocycles. The van der Waals surface area contributed by atoms with Crippen LogP contribution in [-0.4, -0.2) is 13.1 Å². The summed E-state index contributed by atoms with van der Waals surface area (Å²) in [4.78, 5) is 4.89. The van der Waals surface area contributed by atoms with Gasteiger partial charge in [0.2, 0.25) is 0 Å². The van der Waals surface area contributed by atoms with E-state index in [1.165, 1.54) is 39.5 Å². The second-order valence-electron chi connectivity index (χ2n) is 10.8. The highest BCUT2D eigenvalue weighted by atomic mass is 15.2. The Morgan fingerprint density at radius 1 is 0.727 bits per heavy atom. The predicted octanol–water partition coefficient (Wildman–Crippen LogP) is 12.4. The van der Waals surface area contributed by atoms with Gasteiger partial charge in [-0.3, -0.25) is 0 Å². The first-order valence-corrected chi connectivity index (χ1v) is 16.5. The molecule has 0 N–H and O–H groups in total. The minimum atomic E-state index is 0.855. The molecule has 0 radical (unpaired) electrons. The Morgan fingerprint density at radius 3 is 2.07 bits per heavy atom. The van der Waals surface area contributed by atoms with Gasteiger partial charge in [0.25, 0.3) is 0 Å². The van der Waals surface area contributed by atoms with E-state index in [4.69, 9.17) is 0 Å². The summed E-state index contributed by atoms with van der Waals surface area (Å²) in [5, 5.41) is 0. The molecule has 2 aromatic rings. The molecule has 2 rings (SSSR count). The molecule has 0 spiro atoms. The molecule has 0 aromatic heterocycles. The number of hydrogen-bond acceptors (Lipinski definition) is 2. The van der Waals surface area contributed by atoms with Gasteiger partial charge in [-0.2, -0.15) is 0 Å². The van der Waals surface area contributed by atoms with Crippen molar-refractivity contribution in [1.82, 2.24) is 0 Å². The van der Waals surface area contributed by atoms with Gasteiger partial charge in [-0.15, -0.1) is 0 Å². The Balaban J connectivity index is 2.25. The second-order valence-corrected chi connectivity index (χ2v) is 10.8. The van der Waals surface area contributed by atoms with Crippen LogP contribution < -0.4 is 9.80 Å². The first-order valence-electron chi connectivity index (χ1n) is 16.5. The van der Waals surface area contributed by atoms with Crippen molar-refractivity contribution >= 4 is 16.9 Å². The van der Waals surface area contributed by atoms with E-state index in [9.17, 15) is 0 Å². The summed E-state index contributed by atoms with van der Waals surface area (Å²) < 4.78 is 0. The number of hydrogen-bond donors (Lipinski definition) is 0. The largest absolute Gasteiger partial charge is 0.367 e. The number of para-hydroxylation sites is 1. The van der Waals surface area contributed by atoms with Crippen LogP contribution in [0.25, 0.3) is 5.57 Å². The van der Waals surface area contributed by atoms with E-state index < -0.39 is 0 Å². The predicted molar refractivity (Wildman–Crippen MR) is 199 cm³/mol. The molecule has 0 aliphatic carbocycles. The lowest BCUT2D eigenvalue weighted by Crippen LogP contribution is -2.24. The van der Waals surface area contributed by atoms with Crippen molar-refractivity contribution in [3.63, 3.8) is 0 Å². The van der Waals surface area contributed by atoms with Crippen LogP contribution in [0.15, 0.2) is 144 Å². The zero-order chi connectivity index (χ0) is 32.0. The van der Waals surface area contributed by atoms with E-state index >= 15 is 0 Å². The summed E-state index contributed by atoms with van der Waals surface area (Å²) in [7, 11) is 0. The van der Waals surface area contributed by atoms with Crippen LogP contribution >= 0.6 is 0 Å². The highest BCUT2D eigenvalue weighted by molar-refractivity contribution is 5.75. The van der Waals surface area contributed by atoms with E-state index in [1.54, 1.807) is 0 Å². The third-order valence-electron chi connectivity index (χ3n) is 7.64. The SMILES string of the molecule is CC=CCC=CC=CCCN(CC=CC(=CC)c1ccc(N(C(C=CC)=CC)C(CCC)=C(C)CC)cc1)c1ccccc1. The summed E-state index contributed by atoms with van der Waals surface area (Å²) in [6, 6.07) is 19.8. The number of anilines is 2. The Kier molecular flexibility index (Phi) is 17.8. The molecule has 0 aliphatic rings. The standard InChI is InChI=1S/C42H56N2/c1-8-14-15-16-17-18-19-23-34-43(40-28-21-20-22-29-40)35-24-27-37(12-5)38-30-32-41(33-31-38)44(39(13-6)25-9-2)42(26-10-3)36(7)11-4/h8-9,12-14,16-22,24-25,27-33H,10-11,15,23,26,34-35H2,1-7H3. The number of allylic oxidation sites excluding steroid dienone is 13. The minimum absolute atomic E-state index is 0.855. The van der Waals surface area contributed by atoms with Crippen LogP contribution in [-0.2, 0) is 0 Å². The molecular formula is C42H56N2. The number of benzene rings is 2. The Morgan fingerprint density at radius 2 is 1.45 bits per heavy atom.